The van der Waals surface area contributed by atoms with Crippen LogP contribution in [0.3, 0.4) is 0 Å². The topological polar surface area (TPSA) is 46.5 Å². The second kappa shape index (κ2) is 5.39. The Morgan fingerprint density at radius 3 is 2.73 bits per heavy atom. The molecule has 0 heterocycles. The minimum Gasteiger partial charge on any atom is -0.508 e. The van der Waals surface area contributed by atoms with Gasteiger partial charge >= 0.3 is 5.97 Å². The first-order chi connectivity index (χ1) is 7.17. The SMILES string of the molecule is CCCC(=O)Oc1ccc(O)cc1CC. The van der Waals surface area contributed by atoms with Crippen molar-refractivity contribution in [3.8, 4) is 11.5 Å². The summed E-state index contributed by atoms with van der Waals surface area (Å²) < 4.78 is 5.18. The van der Waals surface area contributed by atoms with E-state index in [1.165, 1.54) is 6.07 Å². The predicted molar refractivity (Wildman–Crippen MR) is 58.0 cm³/mol. The smallest absolute Gasteiger partial charge is 0.311 e. The average molecular weight is 208 g/mol. The molecule has 1 aromatic carbocycles. The van der Waals surface area contributed by atoms with Gasteiger partial charge in [-0.2, -0.15) is 0 Å². The zero-order chi connectivity index (χ0) is 11.3. The summed E-state index contributed by atoms with van der Waals surface area (Å²) in [6.07, 6.45) is 1.92. The maximum Gasteiger partial charge on any atom is 0.311 e. The number of hydrogen-bond acceptors (Lipinski definition) is 3. The summed E-state index contributed by atoms with van der Waals surface area (Å²) >= 11 is 0. The highest BCUT2D eigenvalue weighted by Gasteiger charge is 2.07. The van der Waals surface area contributed by atoms with E-state index in [0.29, 0.717) is 12.2 Å². The Bertz CT molecular complexity index is 345. The van der Waals surface area contributed by atoms with Gasteiger partial charge in [-0.3, -0.25) is 4.79 Å². The van der Waals surface area contributed by atoms with Crippen LogP contribution in [0.2, 0.25) is 0 Å². The lowest BCUT2D eigenvalue weighted by molar-refractivity contribution is -0.134. The normalized spacial score (nSPS) is 10.0. The molecule has 1 N–H and O–H groups in total. The summed E-state index contributed by atoms with van der Waals surface area (Å²) in [6, 6.07) is 4.77. The van der Waals surface area contributed by atoms with Crippen molar-refractivity contribution in [2.75, 3.05) is 0 Å². The van der Waals surface area contributed by atoms with E-state index in [0.717, 1.165) is 18.4 Å². The number of aromatic hydroxyl groups is 1. The third-order valence-corrected chi connectivity index (χ3v) is 2.10. The third kappa shape index (κ3) is 3.27. The van der Waals surface area contributed by atoms with Crippen molar-refractivity contribution in [1.82, 2.24) is 0 Å². The molecule has 0 saturated carbocycles. The first kappa shape index (κ1) is 11.6. The summed E-state index contributed by atoms with van der Waals surface area (Å²) in [6.45, 7) is 3.88. The van der Waals surface area contributed by atoms with Crippen molar-refractivity contribution in [2.24, 2.45) is 0 Å². The number of esters is 1. The van der Waals surface area contributed by atoms with Crippen LogP contribution in [0.1, 0.15) is 32.3 Å². The van der Waals surface area contributed by atoms with E-state index in [1.807, 2.05) is 13.8 Å². The monoisotopic (exact) mass is 208 g/mol. The largest absolute Gasteiger partial charge is 0.508 e. The number of phenolic OH excluding ortho intramolecular Hbond substituents is 1. The van der Waals surface area contributed by atoms with Crippen LogP contribution in [0.25, 0.3) is 0 Å². The molecular weight excluding hydrogens is 192 g/mol. The molecule has 0 amide bonds. The zero-order valence-corrected chi connectivity index (χ0v) is 9.12. The fourth-order valence-corrected chi connectivity index (χ4v) is 1.32. The Balaban J connectivity index is 2.80. The van der Waals surface area contributed by atoms with Gasteiger partial charge in [0.25, 0.3) is 0 Å². The van der Waals surface area contributed by atoms with Gasteiger partial charge in [0, 0.05) is 6.42 Å². The van der Waals surface area contributed by atoms with Crippen molar-refractivity contribution < 1.29 is 14.6 Å². The van der Waals surface area contributed by atoms with Crippen molar-refractivity contribution in [1.29, 1.82) is 0 Å². The van der Waals surface area contributed by atoms with Gasteiger partial charge in [-0.15, -0.1) is 0 Å². The zero-order valence-electron chi connectivity index (χ0n) is 9.12. The molecule has 0 aliphatic rings. The lowest BCUT2D eigenvalue weighted by Crippen LogP contribution is -2.08. The van der Waals surface area contributed by atoms with Gasteiger partial charge in [-0.1, -0.05) is 13.8 Å². The number of aryl methyl sites for hydroxylation is 1. The highest BCUT2D eigenvalue weighted by atomic mass is 16.5. The van der Waals surface area contributed by atoms with Gasteiger partial charge < -0.3 is 9.84 Å². The van der Waals surface area contributed by atoms with E-state index in [2.05, 4.69) is 0 Å². The van der Waals surface area contributed by atoms with E-state index in [9.17, 15) is 9.90 Å². The number of carbonyl (C=O) groups excluding carboxylic acids is 1. The van der Waals surface area contributed by atoms with Crippen LogP contribution in [0.5, 0.6) is 11.5 Å². The molecule has 3 nitrogen and oxygen atoms in total. The quantitative estimate of drug-likeness (QED) is 0.611. The minimum atomic E-state index is -0.224. The summed E-state index contributed by atoms with van der Waals surface area (Å²) in [5.41, 5.74) is 0.847. The Kier molecular flexibility index (Phi) is 4.16. The molecule has 0 unspecified atom stereocenters. The van der Waals surface area contributed by atoms with Gasteiger partial charge in [0.05, 0.1) is 0 Å². The number of ether oxygens (including phenoxy) is 1. The van der Waals surface area contributed by atoms with Crippen LogP contribution in [0.4, 0.5) is 0 Å². The maximum atomic E-state index is 11.3. The standard InChI is InChI=1S/C12H16O3/c1-3-5-12(14)15-11-7-6-10(13)8-9(11)4-2/h6-8,13H,3-5H2,1-2H3. The second-order valence-corrected chi connectivity index (χ2v) is 3.37. The van der Waals surface area contributed by atoms with Crippen molar-refractivity contribution in [3.63, 3.8) is 0 Å². The number of phenols is 1. The molecular formula is C12H16O3. The number of rotatable bonds is 4. The first-order valence-corrected chi connectivity index (χ1v) is 5.20. The van der Waals surface area contributed by atoms with E-state index >= 15 is 0 Å². The van der Waals surface area contributed by atoms with Crippen LogP contribution in [0.15, 0.2) is 18.2 Å². The van der Waals surface area contributed by atoms with Crippen LogP contribution in [-0.2, 0) is 11.2 Å². The molecule has 0 atom stereocenters. The Morgan fingerprint density at radius 2 is 2.13 bits per heavy atom. The molecule has 3 heteroatoms. The molecule has 0 aliphatic heterocycles. The van der Waals surface area contributed by atoms with E-state index in [-0.39, 0.29) is 11.7 Å². The maximum absolute atomic E-state index is 11.3. The number of benzene rings is 1. The fourth-order valence-electron chi connectivity index (χ4n) is 1.32. The molecule has 1 aromatic rings. The molecule has 0 aromatic heterocycles. The van der Waals surface area contributed by atoms with Gasteiger partial charge in [0.2, 0.25) is 0 Å². The number of hydrogen-bond donors (Lipinski definition) is 1. The van der Waals surface area contributed by atoms with Gasteiger partial charge in [0.1, 0.15) is 11.5 Å². The molecule has 0 aliphatic carbocycles. The lowest BCUT2D eigenvalue weighted by Gasteiger charge is -2.08. The Labute approximate surface area is 89.7 Å². The number of carbonyl (C=O) groups is 1. The van der Waals surface area contributed by atoms with E-state index in [1.54, 1.807) is 12.1 Å². The molecule has 0 spiro atoms. The van der Waals surface area contributed by atoms with E-state index < -0.39 is 0 Å². The van der Waals surface area contributed by atoms with Crippen molar-refractivity contribution in [3.05, 3.63) is 23.8 Å². The molecule has 1 rings (SSSR count). The van der Waals surface area contributed by atoms with Gasteiger partial charge in [-0.05, 0) is 36.6 Å². The average Bonchev–Trinajstić information content (AvgIpc) is 2.21. The van der Waals surface area contributed by atoms with E-state index in [4.69, 9.17) is 4.74 Å². The second-order valence-electron chi connectivity index (χ2n) is 3.37. The van der Waals surface area contributed by atoms with Crippen molar-refractivity contribution >= 4 is 5.97 Å². The predicted octanol–water partition coefficient (Wildman–Crippen LogP) is 2.66. The Morgan fingerprint density at radius 1 is 1.40 bits per heavy atom. The molecule has 0 bridgehead atoms. The van der Waals surface area contributed by atoms with Gasteiger partial charge in [-0.25, -0.2) is 0 Å². The first-order valence-electron chi connectivity index (χ1n) is 5.20. The highest BCUT2D eigenvalue weighted by molar-refractivity contribution is 5.72. The minimum absolute atomic E-state index is 0.196. The fraction of sp³-hybridized carbons (Fsp3) is 0.417. The van der Waals surface area contributed by atoms with Crippen molar-refractivity contribution in [2.45, 2.75) is 33.1 Å². The summed E-state index contributed by atoms with van der Waals surface area (Å²) in [4.78, 5) is 11.3. The molecule has 0 saturated heterocycles. The van der Waals surface area contributed by atoms with Crippen LogP contribution in [-0.4, -0.2) is 11.1 Å². The highest BCUT2D eigenvalue weighted by Crippen LogP contribution is 2.24. The Hall–Kier alpha value is -1.51. The molecule has 0 fully saturated rings. The molecule has 15 heavy (non-hydrogen) atoms. The van der Waals surface area contributed by atoms with Crippen LogP contribution < -0.4 is 4.74 Å². The summed E-state index contributed by atoms with van der Waals surface area (Å²) in [7, 11) is 0. The third-order valence-electron chi connectivity index (χ3n) is 2.10. The lowest BCUT2D eigenvalue weighted by atomic mass is 10.1. The summed E-state index contributed by atoms with van der Waals surface area (Å²) in [5, 5.41) is 9.27. The van der Waals surface area contributed by atoms with Gasteiger partial charge in [0.15, 0.2) is 0 Å². The molecule has 82 valence electrons. The van der Waals surface area contributed by atoms with Crippen LogP contribution in [0, 0.1) is 0 Å². The summed E-state index contributed by atoms with van der Waals surface area (Å²) in [5.74, 6) is 0.522. The van der Waals surface area contributed by atoms with Crippen LogP contribution >= 0.6 is 0 Å². The molecule has 0 radical (unpaired) electrons.